The van der Waals surface area contributed by atoms with E-state index in [1.54, 1.807) is 25.1 Å². The van der Waals surface area contributed by atoms with Crippen molar-refractivity contribution in [2.45, 2.75) is 65.5 Å². The topological polar surface area (TPSA) is 33.6 Å². The summed E-state index contributed by atoms with van der Waals surface area (Å²) < 4.78 is 48.6. The molecule has 6 heteroatoms. The molecule has 6 aromatic carbocycles. The number of benzene rings is 6. The Morgan fingerprint density at radius 2 is 1.00 bits per heavy atom. The number of fused-ring (bicyclic) bond motifs is 6. The third kappa shape index (κ3) is 5.49. The first-order valence-corrected chi connectivity index (χ1v) is 17.9. The van der Waals surface area contributed by atoms with E-state index in [1.165, 1.54) is 17.2 Å². The summed E-state index contributed by atoms with van der Waals surface area (Å²) in [6, 6.07) is 39.5. The summed E-state index contributed by atoms with van der Waals surface area (Å²) in [4.78, 5) is 0. The van der Waals surface area contributed by atoms with Gasteiger partial charge < -0.3 is 9.13 Å². The van der Waals surface area contributed by atoms with E-state index in [0.29, 0.717) is 16.9 Å². The molecular weight excluding hydrogens is 664 g/mol. The number of nitriles is 1. The second kappa shape index (κ2) is 11.9. The summed E-state index contributed by atoms with van der Waals surface area (Å²) >= 11 is 0. The van der Waals surface area contributed by atoms with E-state index in [2.05, 4.69) is 117 Å². The quantitative estimate of drug-likeness (QED) is 0.180. The number of rotatable bonds is 3. The Labute approximate surface area is 307 Å². The minimum absolute atomic E-state index is 0.0113. The predicted molar refractivity (Wildman–Crippen MR) is 212 cm³/mol. The minimum Gasteiger partial charge on any atom is -0.307 e. The number of aromatic nitrogens is 2. The maximum Gasteiger partial charge on any atom is 0.417 e. The van der Waals surface area contributed by atoms with Crippen LogP contribution in [0.5, 0.6) is 0 Å². The average molecular weight is 704 g/mol. The van der Waals surface area contributed by atoms with Crippen LogP contribution in [0.4, 0.5) is 13.2 Å². The number of para-hydroxylation sites is 2. The lowest BCUT2D eigenvalue weighted by Gasteiger charge is -2.22. The third-order valence-electron chi connectivity index (χ3n) is 10.6. The lowest BCUT2D eigenvalue weighted by Crippen LogP contribution is -2.11. The van der Waals surface area contributed by atoms with Crippen molar-refractivity contribution in [2.75, 3.05) is 0 Å². The second-order valence-electron chi connectivity index (χ2n) is 16.2. The van der Waals surface area contributed by atoms with Crippen LogP contribution in [0.2, 0.25) is 0 Å². The van der Waals surface area contributed by atoms with Crippen molar-refractivity contribution in [3.8, 4) is 28.6 Å². The number of hydrogen-bond acceptors (Lipinski definition) is 1. The highest BCUT2D eigenvalue weighted by atomic mass is 19.4. The molecule has 53 heavy (non-hydrogen) atoms. The Bertz CT molecular complexity index is 2810. The molecule has 0 aliphatic carbocycles. The fourth-order valence-electron chi connectivity index (χ4n) is 7.89. The van der Waals surface area contributed by atoms with Crippen molar-refractivity contribution in [1.82, 2.24) is 9.13 Å². The summed E-state index contributed by atoms with van der Waals surface area (Å²) in [5.74, 6) is 0. The summed E-state index contributed by atoms with van der Waals surface area (Å²) in [6.45, 7) is 14.8. The zero-order chi connectivity index (χ0) is 37.6. The van der Waals surface area contributed by atoms with Crippen LogP contribution >= 0.6 is 0 Å². The van der Waals surface area contributed by atoms with Crippen molar-refractivity contribution in [2.24, 2.45) is 0 Å². The maximum atomic E-state index is 14.8. The molecule has 264 valence electrons. The van der Waals surface area contributed by atoms with Gasteiger partial charge in [-0.2, -0.15) is 18.4 Å². The smallest absolute Gasteiger partial charge is 0.307 e. The number of halogens is 3. The van der Waals surface area contributed by atoms with Crippen LogP contribution in [0, 0.1) is 18.3 Å². The molecule has 0 saturated heterocycles. The monoisotopic (exact) mass is 703 g/mol. The molecular formula is C47H40F3N3. The van der Waals surface area contributed by atoms with Gasteiger partial charge in [0, 0.05) is 27.1 Å². The molecule has 0 saturated carbocycles. The van der Waals surface area contributed by atoms with Gasteiger partial charge in [-0.15, -0.1) is 0 Å². The van der Waals surface area contributed by atoms with Crippen LogP contribution in [0.25, 0.3) is 66.1 Å². The number of alkyl halides is 3. The van der Waals surface area contributed by atoms with E-state index in [4.69, 9.17) is 0 Å². The molecule has 3 nitrogen and oxygen atoms in total. The normalized spacial score (nSPS) is 12.7. The first kappa shape index (κ1) is 34.3. The van der Waals surface area contributed by atoms with Crippen LogP contribution in [0.3, 0.4) is 0 Å². The lowest BCUT2D eigenvalue weighted by atomic mass is 9.86. The van der Waals surface area contributed by atoms with Gasteiger partial charge in [0.25, 0.3) is 0 Å². The van der Waals surface area contributed by atoms with Crippen LogP contribution in [-0.2, 0) is 17.0 Å². The number of nitrogens with zero attached hydrogens (tertiary/aromatic N) is 3. The van der Waals surface area contributed by atoms with E-state index in [9.17, 15) is 18.4 Å². The first-order chi connectivity index (χ1) is 25.1. The fraction of sp³-hybridized carbons (Fsp3) is 0.213. The summed E-state index contributed by atoms with van der Waals surface area (Å²) in [5.41, 5.74) is 7.38. The summed E-state index contributed by atoms with van der Waals surface area (Å²) in [7, 11) is 0. The number of hydrogen-bond donors (Lipinski definition) is 0. The Balaban J connectivity index is 1.58. The number of aryl methyl sites for hydroxylation is 1. The molecule has 2 heterocycles. The maximum absolute atomic E-state index is 14.8. The van der Waals surface area contributed by atoms with Gasteiger partial charge in [-0.1, -0.05) is 102 Å². The minimum atomic E-state index is -4.62. The molecule has 0 N–H and O–H groups in total. The molecule has 0 bridgehead atoms. The SMILES string of the molecule is Cc1cccc(C(F)(F)F)c1-c1cc(-n2c3ccccc3c3cc(C(C)(C)C)ccc32)c(-n2c3ccccc3c3cc(C(C)(C)C)ccc32)cc1C#N. The average Bonchev–Trinajstić information content (AvgIpc) is 3.62. The van der Waals surface area contributed by atoms with E-state index < -0.39 is 11.7 Å². The van der Waals surface area contributed by atoms with E-state index in [0.717, 1.165) is 49.7 Å². The van der Waals surface area contributed by atoms with Crippen LogP contribution < -0.4 is 0 Å². The highest BCUT2D eigenvalue weighted by molar-refractivity contribution is 6.12. The van der Waals surface area contributed by atoms with Crippen molar-refractivity contribution in [1.29, 1.82) is 5.26 Å². The van der Waals surface area contributed by atoms with E-state index in [1.807, 2.05) is 24.3 Å². The third-order valence-corrected chi connectivity index (χ3v) is 10.6. The van der Waals surface area contributed by atoms with E-state index in [-0.39, 0.29) is 27.5 Å². The standard InChI is InChI=1S/C47H40F3N3/c1-28-13-12-16-37(47(48,49)50)44(28)34-26-43(53-39-18-11-9-15-33(39)36-25-31(46(5,6)7)20-22-41(36)53)42(23-29(34)27-51)52-38-17-10-8-14-32(38)35-24-30(45(2,3)4)19-21-40(35)52/h8-26H,1-7H3. The Hall–Kier alpha value is -5.80. The molecule has 0 radical (unpaired) electrons. The zero-order valence-corrected chi connectivity index (χ0v) is 30.9. The van der Waals surface area contributed by atoms with Crippen molar-refractivity contribution in [3.63, 3.8) is 0 Å². The highest BCUT2D eigenvalue weighted by Gasteiger charge is 2.35. The molecule has 0 aliphatic rings. The zero-order valence-electron chi connectivity index (χ0n) is 30.9. The fourth-order valence-corrected chi connectivity index (χ4v) is 7.89. The van der Waals surface area contributed by atoms with Crippen LogP contribution in [0.1, 0.15) is 69.4 Å². The van der Waals surface area contributed by atoms with Gasteiger partial charge in [0.2, 0.25) is 0 Å². The largest absolute Gasteiger partial charge is 0.417 e. The predicted octanol–water partition coefficient (Wildman–Crippen LogP) is 13.3. The molecule has 8 aromatic rings. The van der Waals surface area contributed by atoms with Gasteiger partial charge in [-0.25, -0.2) is 0 Å². The molecule has 0 aliphatic heterocycles. The van der Waals surface area contributed by atoms with Crippen molar-refractivity contribution in [3.05, 3.63) is 143 Å². The van der Waals surface area contributed by atoms with Gasteiger partial charge in [0.05, 0.1) is 50.6 Å². The summed E-state index contributed by atoms with van der Waals surface area (Å²) in [6.07, 6.45) is -4.62. The van der Waals surface area contributed by atoms with Gasteiger partial charge in [0.1, 0.15) is 0 Å². The molecule has 8 rings (SSSR count). The summed E-state index contributed by atoms with van der Waals surface area (Å²) in [5, 5.41) is 15.0. The Morgan fingerprint density at radius 3 is 1.47 bits per heavy atom. The van der Waals surface area contributed by atoms with Crippen molar-refractivity contribution >= 4 is 43.6 Å². The lowest BCUT2D eigenvalue weighted by molar-refractivity contribution is -0.137. The molecule has 0 atom stereocenters. The molecule has 0 fully saturated rings. The van der Waals surface area contributed by atoms with Gasteiger partial charge in [0.15, 0.2) is 0 Å². The van der Waals surface area contributed by atoms with Crippen LogP contribution in [0.15, 0.2) is 115 Å². The second-order valence-corrected chi connectivity index (χ2v) is 16.2. The van der Waals surface area contributed by atoms with Crippen LogP contribution in [-0.4, -0.2) is 9.13 Å². The first-order valence-electron chi connectivity index (χ1n) is 17.9. The molecule has 2 aromatic heterocycles. The Kier molecular flexibility index (Phi) is 7.68. The Morgan fingerprint density at radius 1 is 0.528 bits per heavy atom. The van der Waals surface area contributed by atoms with Gasteiger partial charge >= 0.3 is 6.18 Å². The molecule has 0 spiro atoms. The van der Waals surface area contributed by atoms with Crippen molar-refractivity contribution < 1.29 is 13.2 Å². The molecule has 0 unspecified atom stereocenters. The highest BCUT2D eigenvalue weighted by Crippen LogP contribution is 2.45. The van der Waals surface area contributed by atoms with E-state index >= 15 is 0 Å². The van der Waals surface area contributed by atoms with Gasteiger partial charge in [-0.05, 0) is 94.6 Å². The van der Waals surface area contributed by atoms with Gasteiger partial charge in [-0.3, -0.25) is 0 Å². The molecule has 0 amide bonds.